The van der Waals surface area contributed by atoms with Crippen molar-refractivity contribution in [1.29, 1.82) is 0 Å². The zero-order valence-electron chi connectivity index (χ0n) is 14.1. The summed E-state index contributed by atoms with van der Waals surface area (Å²) < 4.78 is 5.60. The molecule has 0 aliphatic heterocycles. The molecule has 3 heteroatoms. The summed E-state index contributed by atoms with van der Waals surface area (Å²) >= 11 is 0. The van der Waals surface area contributed by atoms with E-state index in [-0.39, 0.29) is 17.6 Å². The summed E-state index contributed by atoms with van der Waals surface area (Å²) in [4.78, 5) is 12.3. The lowest BCUT2D eigenvalue weighted by Crippen LogP contribution is -2.53. The van der Waals surface area contributed by atoms with E-state index in [2.05, 4.69) is 35.5 Å². The number of carbonyl (C=O) groups is 1. The molecule has 2 aromatic carbocycles. The van der Waals surface area contributed by atoms with Crippen molar-refractivity contribution in [2.24, 2.45) is 0 Å². The number of nitrogens with one attached hydrogen (secondary N) is 1. The van der Waals surface area contributed by atoms with Crippen LogP contribution in [-0.4, -0.2) is 18.2 Å². The summed E-state index contributed by atoms with van der Waals surface area (Å²) in [6, 6.07) is 16.7. The predicted octanol–water partition coefficient (Wildman–Crippen LogP) is 4.47. The molecule has 126 valence electrons. The van der Waals surface area contributed by atoms with E-state index in [1.807, 2.05) is 24.3 Å². The van der Waals surface area contributed by atoms with Crippen LogP contribution in [0, 0.1) is 12.3 Å². The molecule has 0 radical (unpaired) electrons. The molecule has 0 saturated heterocycles. The van der Waals surface area contributed by atoms with Gasteiger partial charge in [0.1, 0.15) is 6.61 Å². The molecule has 2 aromatic rings. The maximum absolute atomic E-state index is 12.3. The molecule has 0 atom stereocenters. The van der Waals surface area contributed by atoms with Gasteiger partial charge in [0.15, 0.2) is 0 Å². The van der Waals surface area contributed by atoms with E-state index in [0.717, 1.165) is 19.3 Å². The fourth-order valence-corrected chi connectivity index (χ4v) is 4.00. The first-order valence-corrected chi connectivity index (χ1v) is 8.79. The first-order chi connectivity index (χ1) is 12.2. The van der Waals surface area contributed by atoms with Crippen molar-refractivity contribution < 1.29 is 9.53 Å². The first-order valence-electron chi connectivity index (χ1n) is 8.79. The Morgan fingerprint density at radius 3 is 2.24 bits per heavy atom. The molecule has 2 aliphatic carbocycles. The molecule has 0 bridgehead atoms. The number of terminal acetylenes is 1. The Morgan fingerprint density at radius 2 is 1.72 bits per heavy atom. The Bertz CT molecular complexity index is 800. The normalized spacial score (nSPS) is 16.9. The molecule has 1 N–H and O–H groups in total. The molecular weight excluding hydrogens is 310 g/mol. The zero-order chi connectivity index (χ0) is 17.3. The second-order valence-electron chi connectivity index (χ2n) is 6.97. The van der Waals surface area contributed by atoms with E-state index in [1.165, 1.54) is 22.3 Å². The van der Waals surface area contributed by atoms with Crippen LogP contribution in [0.3, 0.4) is 0 Å². The van der Waals surface area contributed by atoms with Gasteiger partial charge in [-0.3, -0.25) is 0 Å². The molecular formula is C22H21NO2. The summed E-state index contributed by atoms with van der Waals surface area (Å²) in [5.41, 5.74) is 4.65. The molecule has 0 spiro atoms. The van der Waals surface area contributed by atoms with Gasteiger partial charge >= 0.3 is 6.09 Å². The minimum Gasteiger partial charge on any atom is -0.449 e. The largest absolute Gasteiger partial charge is 0.449 e. The highest BCUT2D eigenvalue weighted by Gasteiger charge is 2.38. The third kappa shape index (κ3) is 2.78. The molecule has 2 aliphatic rings. The van der Waals surface area contributed by atoms with E-state index >= 15 is 0 Å². The number of amides is 1. The fraction of sp³-hybridized carbons (Fsp3) is 0.318. The fourth-order valence-electron chi connectivity index (χ4n) is 4.00. The molecule has 0 unspecified atom stereocenters. The van der Waals surface area contributed by atoms with Gasteiger partial charge in [0.2, 0.25) is 0 Å². The standard InChI is InChI=1S/C22H21NO2/c1-2-12-22(13-7-14-22)23-21(24)25-15-20-18-10-5-3-8-16(18)17-9-4-6-11-19(17)20/h1,3-6,8-11,20H,7,12-15H2,(H,23,24). The number of hydrogen-bond donors (Lipinski definition) is 1. The molecule has 25 heavy (non-hydrogen) atoms. The summed E-state index contributed by atoms with van der Waals surface area (Å²) in [5.74, 6) is 2.76. The van der Waals surface area contributed by atoms with Crippen molar-refractivity contribution in [2.75, 3.05) is 6.61 Å². The van der Waals surface area contributed by atoms with Gasteiger partial charge in [-0.15, -0.1) is 12.3 Å². The van der Waals surface area contributed by atoms with Crippen LogP contribution in [0.2, 0.25) is 0 Å². The summed E-state index contributed by atoms with van der Waals surface area (Å²) in [5, 5.41) is 3.00. The highest BCUT2D eigenvalue weighted by Crippen LogP contribution is 2.44. The molecule has 1 amide bonds. The van der Waals surface area contributed by atoms with Gasteiger partial charge in [0, 0.05) is 12.3 Å². The Kier molecular flexibility index (Phi) is 3.97. The number of carbonyl (C=O) groups excluding carboxylic acids is 1. The van der Waals surface area contributed by atoms with Crippen LogP contribution in [0.15, 0.2) is 48.5 Å². The van der Waals surface area contributed by atoms with Crippen LogP contribution in [0.25, 0.3) is 11.1 Å². The van der Waals surface area contributed by atoms with E-state index in [0.29, 0.717) is 13.0 Å². The Labute approximate surface area is 148 Å². The van der Waals surface area contributed by atoms with Crippen molar-refractivity contribution in [2.45, 2.75) is 37.1 Å². The Balaban J connectivity index is 1.48. The second-order valence-corrected chi connectivity index (χ2v) is 6.97. The maximum Gasteiger partial charge on any atom is 0.407 e. The Morgan fingerprint density at radius 1 is 1.12 bits per heavy atom. The number of fused-ring (bicyclic) bond motifs is 3. The zero-order valence-corrected chi connectivity index (χ0v) is 14.1. The molecule has 3 nitrogen and oxygen atoms in total. The number of alkyl carbamates (subject to hydrolysis) is 1. The lowest BCUT2D eigenvalue weighted by Gasteiger charge is -2.40. The van der Waals surface area contributed by atoms with Gasteiger partial charge in [0.25, 0.3) is 0 Å². The number of rotatable bonds is 4. The van der Waals surface area contributed by atoms with Gasteiger partial charge in [-0.2, -0.15) is 0 Å². The number of ether oxygens (including phenoxy) is 1. The molecule has 4 rings (SSSR count). The second kappa shape index (κ2) is 6.29. The topological polar surface area (TPSA) is 38.3 Å². The lowest BCUT2D eigenvalue weighted by atomic mass is 9.75. The van der Waals surface area contributed by atoms with Crippen LogP contribution in [0.1, 0.15) is 42.7 Å². The molecule has 1 saturated carbocycles. The van der Waals surface area contributed by atoms with Crippen LogP contribution in [-0.2, 0) is 4.74 Å². The third-order valence-electron chi connectivity index (χ3n) is 5.46. The average molecular weight is 331 g/mol. The predicted molar refractivity (Wildman–Crippen MR) is 98.2 cm³/mol. The minimum absolute atomic E-state index is 0.0862. The SMILES string of the molecule is C#CCC1(NC(=O)OCC2c3ccccc3-c3ccccc32)CCC1. The quantitative estimate of drug-likeness (QED) is 0.839. The smallest absolute Gasteiger partial charge is 0.407 e. The van der Waals surface area contributed by atoms with Crippen molar-refractivity contribution in [3.8, 4) is 23.5 Å². The van der Waals surface area contributed by atoms with Crippen molar-refractivity contribution in [3.63, 3.8) is 0 Å². The van der Waals surface area contributed by atoms with Gasteiger partial charge in [0.05, 0.1) is 5.54 Å². The summed E-state index contributed by atoms with van der Waals surface area (Å²) in [6.07, 6.45) is 8.61. The maximum atomic E-state index is 12.3. The molecule has 0 aromatic heterocycles. The Hall–Kier alpha value is -2.73. The number of hydrogen-bond acceptors (Lipinski definition) is 2. The minimum atomic E-state index is -0.364. The lowest BCUT2D eigenvalue weighted by molar-refractivity contribution is 0.111. The monoisotopic (exact) mass is 331 g/mol. The van der Waals surface area contributed by atoms with Gasteiger partial charge in [-0.1, -0.05) is 48.5 Å². The van der Waals surface area contributed by atoms with Gasteiger partial charge < -0.3 is 10.1 Å². The van der Waals surface area contributed by atoms with E-state index < -0.39 is 0 Å². The van der Waals surface area contributed by atoms with Crippen LogP contribution in [0.5, 0.6) is 0 Å². The van der Waals surface area contributed by atoms with Gasteiger partial charge in [-0.05, 0) is 41.5 Å². The van der Waals surface area contributed by atoms with E-state index in [4.69, 9.17) is 11.2 Å². The summed E-state index contributed by atoms with van der Waals surface area (Å²) in [6.45, 7) is 0.339. The van der Waals surface area contributed by atoms with Crippen LogP contribution in [0.4, 0.5) is 4.79 Å². The third-order valence-corrected chi connectivity index (χ3v) is 5.46. The van der Waals surface area contributed by atoms with Crippen molar-refractivity contribution in [3.05, 3.63) is 59.7 Å². The first kappa shape index (κ1) is 15.8. The number of benzene rings is 2. The van der Waals surface area contributed by atoms with Gasteiger partial charge in [-0.25, -0.2) is 4.79 Å². The molecule has 0 heterocycles. The highest BCUT2D eigenvalue weighted by molar-refractivity contribution is 5.79. The highest BCUT2D eigenvalue weighted by atomic mass is 16.5. The van der Waals surface area contributed by atoms with Crippen molar-refractivity contribution in [1.82, 2.24) is 5.32 Å². The van der Waals surface area contributed by atoms with Crippen LogP contribution >= 0.6 is 0 Å². The molecule has 1 fully saturated rings. The van der Waals surface area contributed by atoms with E-state index in [1.54, 1.807) is 0 Å². The van der Waals surface area contributed by atoms with Crippen LogP contribution < -0.4 is 5.32 Å². The van der Waals surface area contributed by atoms with Crippen molar-refractivity contribution >= 4 is 6.09 Å². The average Bonchev–Trinajstić information content (AvgIpc) is 2.92. The summed E-state index contributed by atoms with van der Waals surface area (Å²) in [7, 11) is 0. The van der Waals surface area contributed by atoms with E-state index in [9.17, 15) is 4.79 Å².